The van der Waals surface area contributed by atoms with E-state index in [1.807, 2.05) is 44.2 Å². The summed E-state index contributed by atoms with van der Waals surface area (Å²) in [4.78, 5) is 0. The van der Waals surface area contributed by atoms with E-state index in [1.165, 1.54) is 0 Å². The second kappa shape index (κ2) is 6.87. The van der Waals surface area contributed by atoms with Crippen molar-refractivity contribution in [3.63, 3.8) is 0 Å². The number of benzene rings is 1. The van der Waals surface area contributed by atoms with Crippen LogP contribution in [0.15, 0.2) is 30.3 Å². The fourth-order valence-corrected chi connectivity index (χ4v) is 2.40. The molecular formula is C13H22N2O2S. The lowest BCUT2D eigenvalue weighted by Crippen LogP contribution is -2.40. The molecule has 0 bridgehead atoms. The molecule has 0 saturated heterocycles. The number of hydrogen-bond donors (Lipinski definition) is 2. The number of hydrogen-bond acceptors (Lipinski definition) is 3. The van der Waals surface area contributed by atoms with E-state index in [0.717, 1.165) is 5.56 Å². The molecule has 1 aromatic rings. The molecule has 0 aliphatic rings. The molecule has 0 spiro atoms. The highest BCUT2D eigenvalue weighted by molar-refractivity contribution is 7.90. The molecule has 0 amide bonds. The van der Waals surface area contributed by atoms with Crippen LogP contribution >= 0.6 is 0 Å². The van der Waals surface area contributed by atoms with Crippen LogP contribution in [0.25, 0.3) is 0 Å². The van der Waals surface area contributed by atoms with Gasteiger partial charge in [-0.15, -0.1) is 0 Å². The molecule has 0 fully saturated rings. The van der Waals surface area contributed by atoms with Gasteiger partial charge in [-0.3, -0.25) is 0 Å². The lowest BCUT2D eigenvalue weighted by molar-refractivity contribution is 0.540. The Morgan fingerprint density at radius 3 is 2.28 bits per heavy atom. The van der Waals surface area contributed by atoms with Gasteiger partial charge in [0.1, 0.15) is 0 Å². The minimum Gasteiger partial charge on any atom is -0.313 e. The van der Waals surface area contributed by atoms with E-state index in [0.29, 0.717) is 13.1 Å². The molecule has 1 rings (SSSR count). The molecule has 1 atom stereocenters. The van der Waals surface area contributed by atoms with Crippen LogP contribution in [0.1, 0.15) is 26.3 Å². The van der Waals surface area contributed by atoms with Crippen molar-refractivity contribution in [1.29, 1.82) is 0 Å². The van der Waals surface area contributed by atoms with Gasteiger partial charge in [0.05, 0.1) is 5.25 Å². The first kappa shape index (κ1) is 15.1. The average molecular weight is 270 g/mol. The molecule has 5 heteroatoms. The van der Waals surface area contributed by atoms with Gasteiger partial charge in [0.15, 0.2) is 0 Å². The molecule has 0 aliphatic carbocycles. The summed E-state index contributed by atoms with van der Waals surface area (Å²) in [6, 6.07) is 9.80. The van der Waals surface area contributed by atoms with Crippen molar-refractivity contribution in [2.45, 2.75) is 38.6 Å². The van der Waals surface area contributed by atoms with E-state index in [2.05, 4.69) is 10.0 Å². The normalized spacial score (nSPS) is 13.8. The highest BCUT2D eigenvalue weighted by atomic mass is 32.2. The Hall–Kier alpha value is -0.910. The predicted octanol–water partition coefficient (Wildman–Crippen LogP) is 1.49. The first-order valence-electron chi connectivity index (χ1n) is 6.17. The van der Waals surface area contributed by atoms with E-state index < -0.39 is 15.3 Å². The fourth-order valence-electron chi connectivity index (χ4n) is 1.43. The van der Waals surface area contributed by atoms with Crippen LogP contribution in [0.4, 0.5) is 0 Å². The van der Waals surface area contributed by atoms with Crippen molar-refractivity contribution in [1.82, 2.24) is 10.0 Å². The summed E-state index contributed by atoms with van der Waals surface area (Å²) in [5.41, 5.74) is 0.963. The lowest BCUT2D eigenvalue weighted by Gasteiger charge is -2.16. The zero-order valence-electron chi connectivity index (χ0n) is 11.2. The van der Waals surface area contributed by atoms with Crippen LogP contribution < -0.4 is 10.0 Å². The van der Waals surface area contributed by atoms with Gasteiger partial charge in [0, 0.05) is 19.1 Å². The van der Waals surface area contributed by atoms with Gasteiger partial charge in [-0.1, -0.05) is 44.2 Å². The number of nitrogens with one attached hydrogen (secondary N) is 2. The van der Waals surface area contributed by atoms with E-state index in [9.17, 15) is 8.42 Å². The minimum atomic E-state index is -3.27. The predicted molar refractivity (Wildman–Crippen MR) is 74.8 cm³/mol. The fraction of sp³-hybridized carbons (Fsp3) is 0.538. The minimum absolute atomic E-state index is 0.289. The molecule has 0 aliphatic heterocycles. The summed E-state index contributed by atoms with van der Waals surface area (Å²) in [5.74, 6) is 0. The quantitative estimate of drug-likeness (QED) is 0.789. The van der Waals surface area contributed by atoms with Crippen LogP contribution in [-0.2, 0) is 16.6 Å². The molecule has 0 radical (unpaired) electrons. The third kappa shape index (κ3) is 5.16. The van der Waals surface area contributed by atoms with E-state index in [-0.39, 0.29) is 6.04 Å². The lowest BCUT2D eigenvalue weighted by atomic mass is 10.2. The molecule has 0 saturated carbocycles. The standard InChI is InChI=1S/C13H22N2O2S/c1-11(2)14-9-12(3)18(16,17)15-10-13-7-5-4-6-8-13/h4-8,11-12,14-15H,9-10H2,1-3H3. The van der Waals surface area contributed by atoms with Gasteiger partial charge >= 0.3 is 0 Å². The SMILES string of the molecule is CC(C)NCC(C)S(=O)(=O)NCc1ccccc1. The Morgan fingerprint density at radius 1 is 1.11 bits per heavy atom. The first-order valence-corrected chi connectivity index (χ1v) is 7.72. The van der Waals surface area contributed by atoms with Crippen molar-refractivity contribution in [3.05, 3.63) is 35.9 Å². The summed E-state index contributed by atoms with van der Waals surface area (Å²) in [5, 5.41) is 2.69. The maximum absolute atomic E-state index is 12.0. The van der Waals surface area contributed by atoms with Crippen LogP contribution in [-0.4, -0.2) is 26.3 Å². The van der Waals surface area contributed by atoms with E-state index in [4.69, 9.17) is 0 Å². The molecule has 102 valence electrons. The topological polar surface area (TPSA) is 58.2 Å². The largest absolute Gasteiger partial charge is 0.313 e. The van der Waals surface area contributed by atoms with Crippen molar-refractivity contribution in [2.75, 3.05) is 6.54 Å². The molecular weight excluding hydrogens is 248 g/mol. The van der Waals surface area contributed by atoms with Crippen molar-refractivity contribution < 1.29 is 8.42 Å². The Labute approximate surface area is 110 Å². The highest BCUT2D eigenvalue weighted by Gasteiger charge is 2.19. The maximum Gasteiger partial charge on any atom is 0.215 e. The Balaban J connectivity index is 2.49. The summed E-state index contributed by atoms with van der Waals surface area (Å²) < 4.78 is 26.6. The highest BCUT2D eigenvalue weighted by Crippen LogP contribution is 2.02. The second-order valence-electron chi connectivity index (χ2n) is 4.73. The summed E-state index contributed by atoms with van der Waals surface area (Å²) >= 11 is 0. The molecule has 0 heterocycles. The Bertz CT molecular complexity index is 443. The number of rotatable bonds is 7. The zero-order valence-corrected chi connectivity index (χ0v) is 12.0. The molecule has 0 aromatic heterocycles. The Morgan fingerprint density at radius 2 is 1.72 bits per heavy atom. The van der Waals surface area contributed by atoms with Crippen LogP contribution in [0, 0.1) is 0 Å². The van der Waals surface area contributed by atoms with Gasteiger partial charge in [0.25, 0.3) is 0 Å². The molecule has 1 unspecified atom stereocenters. The molecule has 18 heavy (non-hydrogen) atoms. The summed E-state index contributed by atoms with van der Waals surface area (Å²) in [6.45, 7) is 6.51. The van der Waals surface area contributed by atoms with Crippen LogP contribution in [0.3, 0.4) is 0 Å². The van der Waals surface area contributed by atoms with E-state index in [1.54, 1.807) is 6.92 Å². The second-order valence-corrected chi connectivity index (χ2v) is 6.91. The van der Waals surface area contributed by atoms with Gasteiger partial charge in [0.2, 0.25) is 10.0 Å². The monoisotopic (exact) mass is 270 g/mol. The van der Waals surface area contributed by atoms with E-state index >= 15 is 0 Å². The third-order valence-corrected chi connectivity index (χ3v) is 4.44. The van der Waals surface area contributed by atoms with Crippen LogP contribution in [0.5, 0.6) is 0 Å². The first-order chi connectivity index (χ1) is 8.42. The number of sulfonamides is 1. The van der Waals surface area contributed by atoms with Gasteiger partial charge in [-0.05, 0) is 12.5 Å². The molecule has 1 aromatic carbocycles. The Kier molecular flexibility index (Phi) is 5.78. The van der Waals surface area contributed by atoms with Crippen molar-refractivity contribution >= 4 is 10.0 Å². The van der Waals surface area contributed by atoms with Crippen molar-refractivity contribution in [3.8, 4) is 0 Å². The maximum atomic E-state index is 12.0. The smallest absolute Gasteiger partial charge is 0.215 e. The zero-order chi connectivity index (χ0) is 13.6. The van der Waals surface area contributed by atoms with Crippen molar-refractivity contribution in [2.24, 2.45) is 0 Å². The molecule has 2 N–H and O–H groups in total. The summed E-state index contributed by atoms with van der Waals surface area (Å²) in [7, 11) is -3.27. The molecule has 4 nitrogen and oxygen atoms in total. The van der Waals surface area contributed by atoms with Gasteiger partial charge in [-0.25, -0.2) is 13.1 Å². The van der Waals surface area contributed by atoms with Gasteiger partial charge < -0.3 is 5.32 Å². The van der Waals surface area contributed by atoms with Crippen LogP contribution in [0.2, 0.25) is 0 Å². The average Bonchev–Trinajstić information content (AvgIpc) is 2.34. The summed E-state index contributed by atoms with van der Waals surface area (Å²) in [6.07, 6.45) is 0. The third-order valence-electron chi connectivity index (χ3n) is 2.66. The van der Waals surface area contributed by atoms with Gasteiger partial charge in [-0.2, -0.15) is 0 Å².